The zero-order valence-electron chi connectivity index (χ0n) is 10.2. The summed E-state index contributed by atoms with van der Waals surface area (Å²) in [4.78, 5) is 10.5. The summed E-state index contributed by atoms with van der Waals surface area (Å²) in [7, 11) is 0. The van der Waals surface area contributed by atoms with Crippen molar-refractivity contribution in [3.05, 3.63) is 35.4 Å². The van der Waals surface area contributed by atoms with Crippen molar-refractivity contribution >= 4 is 0 Å². The average Bonchev–Trinajstić information content (AvgIpc) is 2.38. The number of fused-ring (bicyclic) bond motifs is 2. The predicted octanol–water partition coefficient (Wildman–Crippen LogP) is 1.86. The van der Waals surface area contributed by atoms with Crippen molar-refractivity contribution in [2.45, 2.75) is 44.4 Å². The SMILES string of the molecule is CC12Cc3ccccc3C(O)(OO1)C(C)(C)O2. The van der Waals surface area contributed by atoms with Crippen molar-refractivity contribution in [3.8, 4) is 0 Å². The Morgan fingerprint density at radius 1 is 1.12 bits per heavy atom. The minimum Gasteiger partial charge on any atom is -0.358 e. The minimum absolute atomic E-state index is 0.551. The first kappa shape index (κ1) is 11.2. The van der Waals surface area contributed by atoms with Crippen LogP contribution in [0.3, 0.4) is 0 Å². The molecule has 1 fully saturated rings. The number of hydrogen-bond donors (Lipinski definition) is 1. The molecule has 1 N–H and O–H groups in total. The third kappa shape index (κ3) is 1.39. The van der Waals surface area contributed by atoms with E-state index in [1.807, 2.05) is 31.2 Å². The van der Waals surface area contributed by atoms with Crippen LogP contribution in [0.1, 0.15) is 31.9 Å². The van der Waals surface area contributed by atoms with Gasteiger partial charge in [-0.3, -0.25) is 0 Å². The Kier molecular flexibility index (Phi) is 2.03. The zero-order chi connectivity index (χ0) is 12.3. The topological polar surface area (TPSA) is 47.9 Å². The van der Waals surface area contributed by atoms with E-state index in [9.17, 15) is 5.11 Å². The fourth-order valence-electron chi connectivity index (χ4n) is 2.66. The van der Waals surface area contributed by atoms with Gasteiger partial charge in [0.15, 0.2) is 0 Å². The Morgan fingerprint density at radius 2 is 1.82 bits per heavy atom. The normalized spacial score (nSPS) is 38.6. The first-order chi connectivity index (χ1) is 7.86. The van der Waals surface area contributed by atoms with Crippen LogP contribution in [-0.4, -0.2) is 16.5 Å². The summed E-state index contributed by atoms with van der Waals surface area (Å²) in [6.45, 7) is 5.42. The lowest BCUT2D eigenvalue weighted by Gasteiger charge is -2.47. The van der Waals surface area contributed by atoms with Crippen LogP contribution in [0.25, 0.3) is 0 Å². The molecule has 3 aliphatic rings. The van der Waals surface area contributed by atoms with Crippen LogP contribution in [0, 0.1) is 0 Å². The van der Waals surface area contributed by atoms with Crippen molar-refractivity contribution < 1.29 is 19.6 Å². The summed E-state index contributed by atoms with van der Waals surface area (Å²) in [5, 5.41) is 10.7. The molecule has 3 heterocycles. The van der Waals surface area contributed by atoms with Gasteiger partial charge in [0.05, 0.1) is 0 Å². The second-order valence-corrected chi connectivity index (χ2v) is 5.39. The molecule has 0 saturated carbocycles. The molecular formula is C13H16O4. The third-order valence-electron chi connectivity index (χ3n) is 3.52. The monoisotopic (exact) mass is 236 g/mol. The van der Waals surface area contributed by atoms with Gasteiger partial charge in [0, 0.05) is 12.0 Å². The molecule has 4 nitrogen and oxygen atoms in total. The van der Waals surface area contributed by atoms with Gasteiger partial charge in [0.1, 0.15) is 5.60 Å². The van der Waals surface area contributed by atoms with Gasteiger partial charge in [0.2, 0.25) is 5.79 Å². The molecule has 92 valence electrons. The van der Waals surface area contributed by atoms with Crippen LogP contribution < -0.4 is 0 Å². The number of rotatable bonds is 0. The summed E-state index contributed by atoms with van der Waals surface area (Å²) in [6.07, 6.45) is 0.551. The molecule has 0 spiro atoms. The van der Waals surface area contributed by atoms with Gasteiger partial charge in [-0.15, -0.1) is 0 Å². The molecule has 0 aromatic heterocycles. The van der Waals surface area contributed by atoms with Crippen LogP contribution in [0.5, 0.6) is 0 Å². The van der Waals surface area contributed by atoms with Crippen molar-refractivity contribution in [2.24, 2.45) is 0 Å². The first-order valence-electron chi connectivity index (χ1n) is 5.74. The van der Waals surface area contributed by atoms with Gasteiger partial charge < -0.3 is 9.84 Å². The predicted molar refractivity (Wildman–Crippen MR) is 59.8 cm³/mol. The zero-order valence-corrected chi connectivity index (χ0v) is 10.2. The Labute approximate surface area is 100 Å². The van der Waals surface area contributed by atoms with Gasteiger partial charge in [-0.1, -0.05) is 24.3 Å². The van der Waals surface area contributed by atoms with Crippen molar-refractivity contribution in [2.75, 3.05) is 0 Å². The van der Waals surface area contributed by atoms with Crippen molar-refractivity contribution in [1.29, 1.82) is 0 Å². The van der Waals surface area contributed by atoms with E-state index in [-0.39, 0.29) is 0 Å². The van der Waals surface area contributed by atoms with E-state index in [0.717, 1.165) is 5.56 Å². The van der Waals surface area contributed by atoms with Crippen LogP contribution >= 0.6 is 0 Å². The second-order valence-electron chi connectivity index (χ2n) is 5.39. The van der Waals surface area contributed by atoms with Gasteiger partial charge >= 0.3 is 0 Å². The number of ether oxygens (including phenoxy) is 1. The molecule has 2 unspecified atom stereocenters. The maximum absolute atomic E-state index is 10.7. The highest BCUT2D eigenvalue weighted by molar-refractivity contribution is 5.35. The molecule has 1 aromatic rings. The molecule has 1 saturated heterocycles. The summed E-state index contributed by atoms with van der Waals surface area (Å²) >= 11 is 0. The summed E-state index contributed by atoms with van der Waals surface area (Å²) < 4.78 is 5.87. The summed E-state index contributed by atoms with van der Waals surface area (Å²) in [5.74, 6) is -2.43. The van der Waals surface area contributed by atoms with Gasteiger partial charge in [-0.05, 0) is 26.3 Å². The van der Waals surface area contributed by atoms with E-state index in [1.165, 1.54) is 0 Å². The van der Waals surface area contributed by atoms with E-state index in [0.29, 0.717) is 12.0 Å². The smallest absolute Gasteiger partial charge is 0.254 e. The van der Waals surface area contributed by atoms with Crippen LogP contribution in [0.4, 0.5) is 0 Å². The van der Waals surface area contributed by atoms with Gasteiger partial charge in [-0.2, -0.15) is 9.78 Å². The highest BCUT2D eigenvalue weighted by Crippen LogP contribution is 2.49. The van der Waals surface area contributed by atoms with E-state index in [1.54, 1.807) is 13.8 Å². The van der Waals surface area contributed by atoms with E-state index in [4.69, 9.17) is 14.5 Å². The molecule has 3 aliphatic heterocycles. The Morgan fingerprint density at radius 3 is 2.53 bits per heavy atom. The Balaban J connectivity index is 2.26. The van der Waals surface area contributed by atoms with Crippen molar-refractivity contribution in [1.82, 2.24) is 0 Å². The lowest BCUT2D eigenvalue weighted by Crippen LogP contribution is -2.59. The maximum atomic E-state index is 10.7. The quantitative estimate of drug-likeness (QED) is 0.698. The Hall–Kier alpha value is -0.940. The molecule has 2 bridgehead atoms. The summed E-state index contributed by atoms with van der Waals surface area (Å²) in [5.41, 5.74) is 0.832. The van der Waals surface area contributed by atoms with Crippen LogP contribution in [-0.2, 0) is 26.7 Å². The second kappa shape index (κ2) is 3.09. The average molecular weight is 236 g/mol. The minimum atomic E-state index is -1.57. The van der Waals surface area contributed by atoms with Crippen LogP contribution in [0.15, 0.2) is 24.3 Å². The van der Waals surface area contributed by atoms with Gasteiger partial charge in [-0.25, -0.2) is 0 Å². The molecule has 0 aliphatic carbocycles. The number of aliphatic hydroxyl groups is 1. The molecule has 4 heteroatoms. The molecule has 0 amide bonds. The molecule has 4 rings (SSSR count). The lowest BCUT2D eigenvalue weighted by molar-refractivity contribution is -0.580. The Bertz CT molecular complexity index is 470. The lowest BCUT2D eigenvalue weighted by atomic mass is 9.88. The third-order valence-corrected chi connectivity index (χ3v) is 3.52. The van der Waals surface area contributed by atoms with E-state index < -0.39 is 17.2 Å². The highest BCUT2D eigenvalue weighted by atomic mass is 17.3. The number of benzene rings is 1. The van der Waals surface area contributed by atoms with E-state index >= 15 is 0 Å². The van der Waals surface area contributed by atoms with Crippen molar-refractivity contribution in [3.63, 3.8) is 0 Å². The number of hydrogen-bond acceptors (Lipinski definition) is 4. The standard InChI is InChI=1S/C13H16O4/c1-11(2)13(14)10-7-5-4-6-9(10)8-12(3,15-11)16-17-13/h4-7,14H,8H2,1-3H3. The highest BCUT2D eigenvalue weighted by Gasteiger charge is 2.60. The van der Waals surface area contributed by atoms with Gasteiger partial charge in [0.25, 0.3) is 5.79 Å². The maximum Gasteiger partial charge on any atom is 0.254 e. The molecule has 2 atom stereocenters. The largest absolute Gasteiger partial charge is 0.358 e. The molecule has 0 radical (unpaired) electrons. The fraction of sp³-hybridized carbons (Fsp3) is 0.538. The van der Waals surface area contributed by atoms with E-state index in [2.05, 4.69) is 0 Å². The molecule has 1 aromatic carbocycles. The fourth-order valence-corrected chi connectivity index (χ4v) is 2.66. The van der Waals surface area contributed by atoms with Crippen LogP contribution in [0.2, 0.25) is 0 Å². The summed E-state index contributed by atoms with van der Waals surface area (Å²) in [6, 6.07) is 7.61. The molecule has 17 heavy (non-hydrogen) atoms. The molecular weight excluding hydrogens is 220 g/mol. The first-order valence-corrected chi connectivity index (χ1v) is 5.74.